The van der Waals surface area contributed by atoms with Crippen LogP contribution < -0.4 is 9.62 Å². The molecule has 0 radical (unpaired) electrons. The maximum atomic E-state index is 13.6. The maximum absolute atomic E-state index is 13.6. The zero-order valence-corrected chi connectivity index (χ0v) is 21.9. The molecule has 15 heteroatoms. The minimum absolute atomic E-state index is 0.0375. The number of piperazine rings is 1. The van der Waals surface area contributed by atoms with Crippen molar-refractivity contribution in [3.8, 4) is 10.7 Å². The molecule has 3 aromatic rings. The van der Waals surface area contributed by atoms with Crippen molar-refractivity contribution >= 4 is 32.7 Å². The molecule has 0 amide bonds. The summed E-state index contributed by atoms with van der Waals surface area (Å²) in [5.74, 6) is 0. The fourth-order valence-electron chi connectivity index (χ4n) is 4.95. The van der Waals surface area contributed by atoms with Crippen molar-refractivity contribution in [1.29, 1.82) is 0 Å². The average molecular weight is 556 g/mol. The first-order chi connectivity index (χ1) is 17.6. The molecule has 3 aliphatic heterocycles. The van der Waals surface area contributed by atoms with E-state index < -0.39 is 27.0 Å². The third-order valence-corrected chi connectivity index (χ3v) is 9.93. The highest BCUT2D eigenvalue weighted by molar-refractivity contribution is 7.89. The van der Waals surface area contributed by atoms with Gasteiger partial charge >= 0.3 is 0 Å². The Morgan fingerprint density at radius 1 is 1.27 bits per heavy atom. The van der Waals surface area contributed by atoms with Crippen LogP contribution in [0.5, 0.6) is 0 Å². The number of nitrogens with zero attached hydrogens (tertiary/aromatic N) is 6. The van der Waals surface area contributed by atoms with Crippen molar-refractivity contribution < 1.29 is 26.7 Å². The molecule has 3 saturated heterocycles. The highest BCUT2D eigenvalue weighted by Gasteiger charge is 2.45. The zero-order valence-electron chi connectivity index (χ0n) is 20.3. The van der Waals surface area contributed by atoms with Crippen molar-refractivity contribution in [2.24, 2.45) is 0 Å². The van der Waals surface area contributed by atoms with Crippen LogP contribution in [-0.2, 0) is 19.5 Å². The third-order valence-electron chi connectivity index (χ3n) is 7.39. The summed E-state index contributed by atoms with van der Waals surface area (Å²) in [6, 6.07) is 1.81. The number of nitrogens with one attached hydrogen (secondary N) is 1. The number of halogens is 2. The van der Waals surface area contributed by atoms with Crippen LogP contribution in [0.25, 0.3) is 16.3 Å². The number of rotatable bonds is 6. The van der Waals surface area contributed by atoms with Crippen LogP contribution in [0.4, 0.5) is 14.5 Å². The van der Waals surface area contributed by atoms with Gasteiger partial charge in [-0.2, -0.15) is 0 Å². The molecule has 0 spiro atoms. The number of alkyl halides is 2. The van der Waals surface area contributed by atoms with Crippen molar-refractivity contribution in [2.45, 2.75) is 42.9 Å². The van der Waals surface area contributed by atoms with Gasteiger partial charge < -0.3 is 14.4 Å². The van der Waals surface area contributed by atoms with Gasteiger partial charge in [-0.25, -0.2) is 26.9 Å². The van der Waals surface area contributed by atoms with E-state index in [1.807, 2.05) is 6.92 Å². The van der Waals surface area contributed by atoms with E-state index in [2.05, 4.69) is 29.7 Å². The number of fused-ring (bicyclic) bond motifs is 2. The van der Waals surface area contributed by atoms with Gasteiger partial charge in [-0.1, -0.05) is 11.3 Å². The van der Waals surface area contributed by atoms with Crippen LogP contribution in [0, 0.1) is 0 Å². The van der Waals surface area contributed by atoms with Crippen molar-refractivity contribution in [3.05, 3.63) is 23.5 Å². The molecule has 0 saturated carbocycles. The van der Waals surface area contributed by atoms with Gasteiger partial charge in [-0.15, -0.1) is 10.2 Å². The first-order valence-electron chi connectivity index (χ1n) is 12.0. The molecule has 2 unspecified atom stereocenters. The Morgan fingerprint density at radius 2 is 2.11 bits per heavy atom. The van der Waals surface area contributed by atoms with Gasteiger partial charge in [-0.05, 0) is 19.9 Å². The van der Waals surface area contributed by atoms with E-state index in [1.165, 1.54) is 12.4 Å². The Morgan fingerprint density at radius 3 is 2.81 bits per heavy atom. The van der Waals surface area contributed by atoms with Gasteiger partial charge in [0.2, 0.25) is 10.0 Å². The summed E-state index contributed by atoms with van der Waals surface area (Å²) >= 11 is 0.755. The number of sulfonamides is 1. The number of anilines is 1. The number of imidazole rings is 1. The third kappa shape index (κ3) is 4.40. The number of ether oxygens (including phenoxy) is 2. The molecule has 37 heavy (non-hydrogen) atoms. The van der Waals surface area contributed by atoms with E-state index in [0.717, 1.165) is 24.4 Å². The minimum atomic E-state index is -3.97. The topological polar surface area (TPSA) is 114 Å². The maximum Gasteiger partial charge on any atom is 0.291 e. The van der Waals surface area contributed by atoms with Crippen molar-refractivity contribution in [2.75, 3.05) is 50.9 Å². The van der Waals surface area contributed by atoms with Gasteiger partial charge in [-0.3, -0.25) is 9.30 Å². The largest absolute Gasteiger partial charge is 0.378 e. The molecule has 3 atom stereocenters. The molecule has 11 nitrogen and oxygen atoms in total. The van der Waals surface area contributed by atoms with E-state index in [4.69, 9.17) is 9.47 Å². The normalized spacial score (nSPS) is 27.0. The molecular weight excluding hydrogens is 528 g/mol. The summed E-state index contributed by atoms with van der Waals surface area (Å²) in [5.41, 5.74) is 0.812. The number of hydrogen-bond acceptors (Lipinski definition) is 10. The quantitative estimate of drug-likeness (QED) is 0.486. The van der Waals surface area contributed by atoms with Gasteiger partial charge in [0.1, 0.15) is 10.6 Å². The molecule has 3 aliphatic rings. The highest BCUT2D eigenvalue weighted by Crippen LogP contribution is 2.35. The van der Waals surface area contributed by atoms with Crippen LogP contribution in [0.15, 0.2) is 23.4 Å². The lowest BCUT2D eigenvalue weighted by Gasteiger charge is -2.45. The van der Waals surface area contributed by atoms with E-state index in [-0.39, 0.29) is 28.7 Å². The van der Waals surface area contributed by atoms with E-state index in [9.17, 15) is 17.2 Å². The summed E-state index contributed by atoms with van der Waals surface area (Å²) in [6.45, 7) is 8.19. The number of morpholine rings is 1. The minimum Gasteiger partial charge on any atom is -0.378 e. The van der Waals surface area contributed by atoms with Gasteiger partial charge in [0.25, 0.3) is 6.43 Å². The monoisotopic (exact) mass is 555 g/mol. The fraction of sp³-hybridized carbons (Fsp3) is 0.591. The Bertz CT molecular complexity index is 1430. The molecule has 200 valence electrons. The van der Waals surface area contributed by atoms with Gasteiger partial charge in [0.05, 0.1) is 49.4 Å². The summed E-state index contributed by atoms with van der Waals surface area (Å²) < 4.78 is 69.0. The second-order valence-electron chi connectivity index (χ2n) is 9.83. The predicted molar refractivity (Wildman–Crippen MR) is 132 cm³/mol. The van der Waals surface area contributed by atoms with Crippen LogP contribution >= 0.6 is 11.3 Å². The lowest BCUT2D eigenvalue weighted by molar-refractivity contribution is -0.120. The van der Waals surface area contributed by atoms with E-state index >= 15 is 0 Å². The molecular formula is C22H27F2N7O4S2. The Balaban J connectivity index is 1.45. The number of hydrogen-bond donors (Lipinski definition) is 1. The summed E-state index contributed by atoms with van der Waals surface area (Å²) in [7, 11) is -3.97. The average Bonchev–Trinajstić information content (AvgIpc) is 3.54. The second-order valence-corrected chi connectivity index (χ2v) is 12.5. The Kier molecular flexibility index (Phi) is 6.19. The SMILES string of the molecule is CC1OCC1(C)NS(=O)(=O)c1cc(N2CCN3CCOC[C@H]3C2)c2ncc(-c3nnc(C(F)F)s3)n2c1. The van der Waals surface area contributed by atoms with Crippen LogP contribution in [-0.4, -0.2) is 96.6 Å². The fourth-order valence-corrected chi connectivity index (χ4v) is 7.13. The van der Waals surface area contributed by atoms with Gasteiger partial charge in [0.15, 0.2) is 15.7 Å². The Labute approximate surface area is 216 Å². The van der Waals surface area contributed by atoms with Crippen molar-refractivity contribution in [3.63, 3.8) is 0 Å². The summed E-state index contributed by atoms with van der Waals surface area (Å²) in [4.78, 5) is 9.09. The molecule has 0 aliphatic carbocycles. The Hall–Kier alpha value is -2.30. The lowest BCUT2D eigenvalue weighted by atomic mass is 9.93. The van der Waals surface area contributed by atoms with E-state index in [0.29, 0.717) is 43.3 Å². The standard InChI is InChI=1S/C22H27F2N7O4S2/c1-13-22(2,12-35-13)28-37(32,33)15-7-16(30-4-3-29-5-6-34-11-14(29)9-30)19-25-8-17(31(19)10-15)20-26-27-21(36-20)18(23)24/h7-8,10,13-14,18,28H,3-6,9,11-12H2,1-2H3/t13?,14-,22?/m1/s1. The molecule has 0 bridgehead atoms. The highest BCUT2D eigenvalue weighted by atomic mass is 32.2. The zero-order chi connectivity index (χ0) is 25.9. The van der Waals surface area contributed by atoms with Crippen LogP contribution in [0.1, 0.15) is 25.3 Å². The number of aromatic nitrogens is 4. The van der Waals surface area contributed by atoms with Crippen LogP contribution in [0.3, 0.4) is 0 Å². The van der Waals surface area contributed by atoms with Crippen LogP contribution in [0.2, 0.25) is 0 Å². The lowest BCUT2D eigenvalue weighted by Crippen LogP contribution is -2.65. The molecule has 3 aromatic heterocycles. The smallest absolute Gasteiger partial charge is 0.291 e. The first kappa shape index (κ1) is 25.0. The first-order valence-corrected chi connectivity index (χ1v) is 14.3. The second kappa shape index (κ2) is 9.17. The van der Waals surface area contributed by atoms with E-state index in [1.54, 1.807) is 17.4 Å². The molecule has 0 aromatic carbocycles. The molecule has 3 fully saturated rings. The summed E-state index contributed by atoms with van der Waals surface area (Å²) in [6.07, 6.45) is -0.0486. The molecule has 6 rings (SSSR count). The van der Waals surface area contributed by atoms with Crippen molar-refractivity contribution in [1.82, 2.24) is 29.2 Å². The predicted octanol–water partition coefficient (Wildman–Crippen LogP) is 1.77. The van der Waals surface area contributed by atoms with Gasteiger partial charge in [0, 0.05) is 32.4 Å². The molecule has 6 heterocycles. The summed E-state index contributed by atoms with van der Waals surface area (Å²) in [5, 5.41) is 7.33. The molecule has 1 N–H and O–H groups in total. The number of pyridine rings is 1.